The fourth-order valence-electron chi connectivity index (χ4n) is 2.93. The van der Waals surface area contributed by atoms with Crippen molar-refractivity contribution in [3.05, 3.63) is 53.8 Å². The Hall–Kier alpha value is -2.56. The molecule has 1 fully saturated rings. The van der Waals surface area contributed by atoms with Crippen molar-refractivity contribution in [1.82, 2.24) is 0 Å². The number of amides is 1. The average molecular weight is 313 g/mol. The topological polar surface area (TPSA) is 47.6 Å². The highest BCUT2D eigenvalue weighted by Crippen LogP contribution is 2.49. The monoisotopic (exact) mass is 313 g/mol. The Morgan fingerprint density at radius 2 is 1.87 bits per heavy atom. The number of benzene rings is 2. The molecule has 2 aromatic carbocycles. The van der Waals surface area contributed by atoms with Crippen LogP contribution < -0.4 is 14.8 Å². The van der Waals surface area contributed by atoms with Gasteiger partial charge in [-0.3, -0.25) is 4.79 Å². The maximum Gasteiger partial charge on any atom is 0.228 e. The first-order valence-electron chi connectivity index (χ1n) is 7.67. The van der Waals surface area contributed by atoms with Gasteiger partial charge in [-0.1, -0.05) is 18.2 Å². The quantitative estimate of drug-likeness (QED) is 0.945. The normalized spacial score (nSPS) is 21.6. The van der Waals surface area contributed by atoms with Crippen molar-refractivity contribution in [3.63, 3.8) is 0 Å². The summed E-state index contributed by atoms with van der Waals surface area (Å²) in [6.07, 6.45) is 0.764. The van der Waals surface area contributed by atoms with Crippen LogP contribution >= 0.6 is 0 Å². The summed E-state index contributed by atoms with van der Waals surface area (Å²) in [5, 5.41) is 2.66. The predicted molar refractivity (Wildman–Crippen MR) is 83.3 cm³/mol. The van der Waals surface area contributed by atoms with E-state index < -0.39 is 5.82 Å². The Kier molecular flexibility index (Phi) is 3.41. The van der Waals surface area contributed by atoms with Crippen LogP contribution in [0.5, 0.6) is 11.5 Å². The van der Waals surface area contributed by atoms with Crippen LogP contribution in [-0.4, -0.2) is 19.1 Å². The van der Waals surface area contributed by atoms with Crippen LogP contribution in [-0.2, 0) is 4.79 Å². The SMILES string of the molecule is O=C(Nc1ccccc1F)[C@@H]1C[C@@H]1c1ccc2c(c1)OCCO2. The van der Waals surface area contributed by atoms with Crippen LogP contribution in [0.3, 0.4) is 0 Å². The average Bonchev–Trinajstić information content (AvgIpc) is 3.37. The fraction of sp³-hybridized carbons (Fsp3) is 0.278. The molecule has 0 unspecified atom stereocenters. The molecule has 0 radical (unpaired) electrons. The van der Waals surface area contributed by atoms with E-state index in [-0.39, 0.29) is 23.4 Å². The largest absolute Gasteiger partial charge is 0.486 e. The second-order valence-corrected chi connectivity index (χ2v) is 5.82. The molecule has 23 heavy (non-hydrogen) atoms. The van der Waals surface area contributed by atoms with E-state index in [1.807, 2.05) is 18.2 Å². The lowest BCUT2D eigenvalue weighted by molar-refractivity contribution is -0.117. The van der Waals surface area contributed by atoms with E-state index in [2.05, 4.69) is 5.32 Å². The molecule has 1 aliphatic heterocycles. The number of anilines is 1. The van der Waals surface area contributed by atoms with Gasteiger partial charge in [-0.15, -0.1) is 0 Å². The summed E-state index contributed by atoms with van der Waals surface area (Å²) >= 11 is 0. The van der Waals surface area contributed by atoms with E-state index in [1.54, 1.807) is 18.2 Å². The van der Waals surface area contributed by atoms with Crippen molar-refractivity contribution in [3.8, 4) is 11.5 Å². The molecule has 2 aliphatic rings. The van der Waals surface area contributed by atoms with Crippen LogP contribution in [0.1, 0.15) is 17.9 Å². The summed E-state index contributed by atoms with van der Waals surface area (Å²) in [5.41, 5.74) is 1.29. The number of hydrogen-bond donors (Lipinski definition) is 1. The van der Waals surface area contributed by atoms with Gasteiger partial charge in [-0.25, -0.2) is 4.39 Å². The molecular formula is C18H16FNO3. The minimum atomic E-state index is -0.419. The lowest BCUT2D eigenvalue weighted by atomic mass is 10.1. The molecule has 1 saturated carbocycles. The van der Waals surface area contributed by atoms with E-state index in [9.17, 15) is 9.18 Å². The second kappa shape index (κ2) is 5.57. The minimum absolute atomic E-state index is 0.128. The van der Waals surface area contributed by atoms with Crippen molar-refractivity contribution in [2.24, 2.45) is 5.92 Å². The molecule has 0 aromatic heterocycles. The van der Waals surface area contributed by atoms with E-state index in [1.165, 1.54) is 6.07 Å². The van der Waals surface area contributed by atoms with Crippen molar-refractivity contribution >= 4 is 11.6 Å². The molecule has 0 bridgehead atoms. The van der Waals surface area contributed by atoms with Crippen LogP contribution in [0.15, 0.2) is 42.5 Å². The smallest absolute Gasteiger partial charge is 0.228 e. The summed E-state index contributed by atoms with van der Waals surface area (Å²) < 4.78 is 24.7. The third-order valence-electron chi connectivity index (χ3n) is 4.25. The number of carbonyl (C=O) groups excluding carboxylic acids is 1. The molecule has 0 spiro atoms. The van der Waals surface area contributed by atoms with E-state index in [4.69, 9.17) is 9.47 Å². The molecule has 2 aromatic rings. The van der Waals surface area contributed by atoms with Gasteiger partial charge in [-0.05, 0) is 42.2 Å². The van der Waals surface area contributed by atoms with Crippen LogP contribution in [0, 0.1) is 11.7 Å². The number of nitrogens with one attached hydrogen (secondary N) is 1. The van der Waals surface area contributed by atoms with Crippen LogP contribution in [0.2, 0.25) is 0 Å². The van der Waals surface area contributed by atoms with E-state index >= 15 is 0 Å². The van der Waals surface area contributed by atoms with Gasteiger partial charge < -0.3 is 14.8 Å². The first-order chi connectivity index (χ1) is 11.2. The number of para-hydroxylation sites is 1. The minimum Gasteiger partial charge on any atom is -0.486 e. The summed E-state index contributed by atoms with van der Waals surface area (Å²) in [4.78, 5) is 12.3. The highest BCUT2D eigenvalue weighted by Gasteiger charge is 2.44. The van der Waals surface area contributed by atoms with Crippen molar-refractivity contribution in [2.45, 2.75) is 12.3 Å². The summed E-state index contributed by atoms with van der Waals surface area (Å²) in [6, 6.07) is 12.0. The molecule has 4 nitrogen and oxygen atoms in total. The maximum atomic E-state index is 13.6. The van der Waals surface area contributed by atoms with Gasteiger partial charge in [0, 0.05) is 5.92 Å². The number of ether oxygens (including phenoxy) is 2. The molecule has 4 rings (SSSR count). The zero-order valence-electron chi connectivity index (χ0n) is 12.4. The zero-order chi connectivity index (χ0) is 15.8. The molecule has 118 valence electrons. The Labute approximate surface area is 133 Å². The molecule has 0 saturated heterocycles. The molecule has 1 N–H and O–H groups in total. The van der Waals surface area contributed by atoms with Gasteiger partial charge in [0.1, 0.15) is 19.0 Å². The first kappa shape index (κ1) is 14.1. The zero-order valence-corrected chi connectivity index (χ0v) is 12.4. The third kappa shape index (κ3) is 2.74. The first-order valence-corrected chi connectivity index (χ1v) is 7.67. The second-order valence-electron chi connectivity index (χ2n) is 5.82. The standard InChI is InChI=1S/C18H16FNO3/c19-14-3-1-2-4-15(14)20-18(21)13-10-12(13)11-5-6-16-17(9-11)23-8-7-22-16/h1-6,9,12-13H,7-8,10H2,(H,20,21)/t12-,13-/m1/s1. The van der Waals surface area contributed by atoms with E-state index in [0.29, 0.717) is 13.2 Å². The predicted octanol–water partition coefficient (Wildman–Crippen LogP) is 3.34. The highest BCUT2D eigenvalue weighted by atomic mass is 19.1. The Bertz CT molecular complexity index is 762. The molecule has 1 aliphatic carbocycles. The molecule has 1 heterocycles. The number of rotatable bonds is 3. The number of hydrogen-bond acceptors (Lipinski definition) is 3. The molecule has 5 heteroatoms. The molecule has 2 atom stereocenters. The summed E-state index contributed by atoms with van der Waals surface area (Å²) in [5.74, 6) is 0.934. The van der Waals surface area contributed by atoms with Crippen LogP contribution in [0.25, 0.3) is 0 Å². The van der Waals surface area contributed by atoms with Gasteiger partial charge in [0.15, 0.2) is 11.5 Å². The van der Waals surface area contributed by atoms with Crippen molar-refractivity contribution in [2.75, 3.05) is 18.5 Å². The highest BCUT2D eigenvalue weighted by molar-refractivity contribution is 5.95. The van der Waals surface area contributed by atoms with Gasteiger partial charge >= 0.3 is 0 Å². The van der Waals surface area contributed by atoms with Gasteiger partial charge in [0.05, 0.1) is 5.69 Å². The Morgan fingerprint density at radius 1 is 1.09 bits per heavy atom. The van der Waals surface area contributed by atoms with E-state index in [0.717, 1.165) is 23.5 Å². The van der Waals surface area contributed by atoms with Gasteiger partial charge in [0.2, 0.25) is 5.91 Å². The van der Waals surface area contributed by atoms with Gasteiger partial charge in [0.25, 0.3) is 0 Å². The Morgan fingerprint density at radius 3 is 2.70 bits per heavy atom. The summed E-state index contributed by atoms with van der Waals surface area (Å²) in [7, 11) is 0. The molecule has 1 amide bonds. The third-order valence-corrected chi connectivity index (χ3v) is 4.25. The fourth-order valence-corrected chi connectivity index (χ4v) is 2.93. The lowest BCUT2D eigenvalue weighted by Crippen LogP contribution is -2.16. The number of fused-ring (bicyclic) bond motifs is 1. The number of carbonyl (C=O) groups is 1. The van der Waals surface area contributed by atoms with Gasteiger partial charge in [-0.2, -0.15) is 0 Å². The Balaban J connectivity index is 1.45. The molecular weight excluding hydrogens is 297 g/mol. The maximum absolute atomic E-state index is 13.6. The summed E-state index contributed by atoms with van der Waals surface area (Å²) in [6.45, 7) is 1.10. The van der Waals surface area contributed by atoms with Crippen molar-refractivity contribution in [1.29, 1.82) is 0 Å². The number of halogens is 1. The van der Waals surface area contributed by atoms with Crippen LogP contribution in [0.4, 0.5) is 10.1 Å². The van der Waals surface area contributed by atoms with Crippen molar-refractivity contribution < 1.29 is 18.7 Å². The lowest BCUT2D eigenvalue weighted by Gasteiger charge is -2.18.